The lowest BCUT2D eigenvalue weighted by molar-refractivity contribution is -0.274. The van der Waals surface area contributed by atoms with Gasteiger partial charge in [0.15, 0.2) is 5.82 Å². The molecule has 1 aromatic carbocycles. The van der Waals surface area contributed by atoms with Crippen LogP contribution in [0.5, 0.6) is 5.75 Å². The van der Waals surface area contributed by atoms with Crippen molar-refractivity contribution in [1.82, 2.24) is 19.6 Å². The van der Waals surface area contributed by atoms with Gasteiger partial charge >= 0.3 is 6.36 Å². The Balaban J connectivity index is 1.41. The summed E-state index contributed by atoms with van der Waals surface area (Å²) in [6.45, 7) is 13.8. The maximum atomic E-state index is 12.5. The summed E-state index contributed by atoms with van der Waals surface area (Å²) in [6.07, 6.45) is -3.76. The molecule has 0 aliphatic carbocycles. The van der Waals surface area contributed by atoms with Gasteiger partial charge in [0.1, 0.15) is 5.75 Å². The summed E-state index contributed by atoms with van der Waals surface area (Å²) in [4.78, 5) is 7.26. The highest BCUT2D eigenvalue weighted by atomic mass is 19.4. The molecule has 4 rings (SSSR count). The number of benzene rings is 1. The van der Waals surface area contributed by atoms with Crippen LogP contribution in [0.25, 0.3) is 5.69 Å². The van der Waals surface area contributed by atoms with E-state index in [-0.39, 0.29) is 11.7 Å². The van der Waals surface area contributed by atoms with Gasteiger partial charge in [-0.3, -0.25) is 9.80 Å². The number of rotatable bonds is 8. The van der Waals surface area contributed by atoms with Crippen LogP contribution in [0.15, 0.2) is 30.3 Å². The molecule has 7 nitrogen and oxygen atoms in total. The van der Waals surface area contributed by atoms with Crippen LogP contribution in [0.1, 0.15) is 31.9 Å². The fourth-order valence-corrected chi connectivity index (χ4v) is 4.40. The van der Waals surface area contributed by atoms with E-state index in [4.69, 9.17) is 9.84 Å². The smallest absolute Gasteiger partial charge is 0.406 e. The first-order chi connectivity index (χ1) is 16.3. The zero-order chi connectivity index (χ0) is 24.1. The van der Waals surface area contributed by atoms with Crippen LogP contribution in [0.4, 0.5) is 19.0 Å². The molecular formula is C24H34F3N5O2. The number of nitrogens with zero attached hydrogens (tertiary/aromatic N) is 5. The number of alkyl halides is 3. The van der Waals surface area contributed by atoms with Crippen molar-refractivity contribution in [3.63, 3.8) is 0 Å². The molecule has 2 saturated heterocycles. The highest BCUT2D eigenvalue weighted by Gasteiger charge is 2.31. The fourth-order valence-electron chi connectivity index (χ4n) is 4.40. The van der Waals surface area contributed by atoms with E-state index in [0.29, 0.717) is 0 Å². The van der Waals surface area contributed by atoms with Gasteiger partial charge in [-0.15, -0.1) is 13.2 Å². The highest BCUT2D eigenvalue weighted by Crippen LogP contribution is 2.29. The van der Waals surface area contributed by atoms with Crippen molar-refractivity contribution < 1.29 is 22.6 Å². The predicted octanol–water partition coefficient (Wildman–Crippen LogP) is 3.74. The standard InChI is InChI=1S/C24H34F3N5O2/c1-3-19(2)22-18-23(28-32(22)20-4-6-21(7-5-20)34-24(25,26)27)31-12-10-29(11-13-31)8-9-30-14-16-33-17-15-30/h4-7,18-19H,3,8-17H2,1-2H3. The monoisotopic (exact) mass is 481 g/mol. The minimum atomic E-state index is -4.70. The van der Waals surface area contributed by atoms with Gasteiger partial charge in [0, 0.05) is 64.1 Å². The van der Waals surface area contributed by atoms with Crippen LogP contribution in [0, 0.1) is 0 Å². The largest absolute Gasteiger partial charge is 0.573 e. The molecule has 0 bridgehead atoms. The van der Waals surface area contributed by atoms with Crippen molar-refractivity contribution in [3.8, 4) is 11.4 Å². The Bertz CT molecular complexity index is 904. The van der Waals surface area contributed by atoms with E-state index in [1.807, 2.05) is 4.68 Å². The third kappa shape index (κ3) is 6.43. The molecule has 0 spiro atoms. The molecule has 1 atom stereocenters. The van der Waals surface area contributed by atoms with Crippen molar-refractivity contribution in [3.05, 3.63) is 36.0 Å². The quantitative estimate of drug-likeness (QED) is 0.573. The van der Waals surface area contributed by atoms with Crippen molar-refractivity contribution in [2.24, 2.45) is 0 Å². The van der Waals surface area contributed by atoms with Crippen LogP contribution in [0.3, 0.4) is 0 Å². The first-order valence-electron chi connectivity index (χ1n) is 12.1. The lowest BCUT2D eigenvalue weighted by Gasteiger charge is -2.36. The van der Waals surface area contributed by atoms with Crippen LogP contribution >= 0.6 is 0 Å². The number of aromatic nitrogens is 2. The fraction of sp³-hybridized carbons (Fsp3) is 0.625. The number of hydrogen-bond donors (Lipinski definition) is 0. The van der Waals surface area contributed by atoms with Gasteiger partial charge < -0.3 is 14.4 Å². The first-order valence-corrected chi connectivity index (χ1v) is 12.1. The lowest BCUT2D eigenvalue weighted by atomic mass is 10.0. The summed E-state index contributed by atoms with van der Waals surface area (Å²) >= 11 is 0. The number of ether oxygens (including phenoxy) is 2. The van der Waals surface area contributed by atoms with Crippen molar-refractivity contribution in [1.29, 1.82) is 0 Å². The number of halogens is 3. The molecule has 2 aliphatic rings. The molecule has 34 heavy (non-hydrogen) atoms. The normalized spacial score (nSPS) is 19.4. The van der Waals surface area contributed by atoms with E-state index in [0.717, 1.165) is 89.2 Å². The Hall–Kier alpha value is -2.30. The minimum Gasteiger partial charge on any atom is -0.406 e. The Morgan fingerprint density at radius 1 is 0.971 bits per heavy atom. The minimum absolute atomic E-state index is 0.234. The van der Waals surface area contributed by atoms with Gasteiger partial charge in [0.2, 0.25) is 0 Å². The molecule has 188 valence electrons. The summed E-state index contributed by atoms with van der Waals surface area (Å²) in [6, 6.07) is 8.02. The predicted molar refractivity (Wildman–Crippen MR) is 125 cm³/mol. The van der Waals surface area contributed by atoms with Gasteiger partial charge in [0.25, 0.3) is 0 Å². The number of hydrogen-bond acceptors (Lipinski definition) is 6. The molecule has 0 radical (unpaired) electrons. The molecule has 0 saturated carbocycles. The first kappa shape index (κ1) is 24.8. The third-order valence-electron chi connectivity index (χ3n) is 6.69. The Kier molecular flexibility index (Phi) is 8.00. The number of anilines is 1. The molecule has 2 aromatic rings. The second-order valence-corrected chi connectivity index (χ2v) is 8.97. The molecule has 1 aromatic heterocycles. The van der Waals surface area contributed by atoms with Gasteiger partial charge in [-0.25, -0.2) is 4.68 Å². The van der Waals surface area contributed by atoms with E-state index < -0.39 is 6.36 Å². The van der Waals surface area contributed by atoms with Crippen molar-refractivity contribution in [2.75, 3.05) is 70.5 Å². The van der Waals surface area contributed by atoms with Gasteiger partial charge in [-0.1, -0.05) is 13.8 Å². The zero-order valence-electron chi connectivity index (χ0n) is 19.9. The Labute approximate surface area is 199 Å². The topological polar surface area (TPSA) is 46.0 Å². The van der Waals surface area contributed by atoms with E-state index in [9.17, 15) is 13.2 Å². The number of morpholine rings is 1. The van der Waals surface area contributed by atoms with Crippen molar-refractivity contribution >= 4 is 5.82 Å². The summed E-state index contributed by atoms with van der Waals surface area (Å²) < 4.78 is 48.8. The zero-order valence-corrected chi connectivity index (χ0v) is 19.9. The summed E-state index contributed by atoms with van der Waals surface area (Å²) in [7, 11) is 0. The maximum absolute atomic E-state index is 12.5. The molecule has 0 amide bonds. The molecule has 2 aliphatic heterocycles. The van der Waals surface area contributed by atoms with E-state index >= 15 is 0 Å². The number of piperazine rings is 1. The lowest BCUT2D eigenvalue weighted by Crippen LogP contribution is -2.49. The van der Waals surface area contributed by atoms with E-state index in [2.05, 4.69) is 39.4 Å². The SMILES string of the molecule is CCC(C)c1cc(N2CCN(CCN3CCOCC3)CC2)nn1-c1ccc(OC(F)(F)F)cc1. The average molecular weight is 482 g/mol. The molecule has 2 fully saturated rings. The van der Waals surface area contributed by atoms with Crippen LogP contribution in [0.2, 0.25) is 0 Å². The molecule has 3 heterocycles. The highest BCUT2D eigenvalue weighted by molar-refractivity contribution is 5.46. The summed E-state index contributed by atoms with van der Waals surface area (Å²) in [5, 5.41) is 4.86. The molecular weight excluding hydrogens is 447 g/mol. The van der Waals surface area contributed by atoms with Gasteiger partial charge in [0.05, 0.1) is 18.9 Å². The van der Waals surface area contributed by atoms with Crippen LogP contribution in [-0.4, -0.2) is 91.5 Å². The summed E-state index contributed by atoms with van der Waals surface area (Å²) in [5.41, 5.74) is 1.77. The molecule has 10 heteroatoms. The molecule has 1 unspecified atom stereocenters. The van der Waals surface area contributed by atoms with Crippen molar-refractivity contribution in [2.45, 2.75) is 32.5 Å². The second-order valence-electron chi connectivity index (χ2n) is 8.97. The van der Waals surface area contributed by atoms with Crippen LogP contribution < -0.4 is 9.64 Å². The third-order valence-corrected chi connectivity index (χ3v) is 6.69. The summed E-state index contributed by atoms with van der Waals surface area (Å²) in [5.74, 6) is 0.947. The van der Waals surface area contributed by atoms with E-state index in [1.54, 1.807) is 12.1 Å². The van der Waals surface area contributed by atoms with E-state index in [1.165, 1.54) is 12.1 Å². The van der Waals surface area contributed by atoms with Gasteiger partial charge in [-0.2, -0.15) is 5.10 Å². The Morgan fingerprint density at radius 3 is 2.18 bits per heavy atom. The average Bonchev–Trinajstić information content (AvgIpc) is 3.28. The Morgan fingerprint density at radius 2 is 1.59 bits per heavy atom. The van der Waals surface area contributed by atoms with Gasteiger partial charge in [-0.05, 0) is 36.6 Å². The maximum Gasteiger partial charge on any atom is 0.573 e. The second kappa shape index (κ2) is 11.0. The van der Waals surface area contributed by atoms with Crippen LogP contribution in [-0.2, 0) is 4.74 Å². The molecule has 0 N–H and O–H groups in total.